The summed E-state index contributed by atoms with van der Waals surface area (Å²) in [6.45, 7) is 7.03. The fourth-order valence-corrected chi connectivity index (χ4v) is 4.71. The Bertz CT molecular complexity index is 748. The zero-order valence-corrected chi connectivity index (χ0v) is 18.9. The lowest BCUT2D eigenvalue weighted by atomic mass is 9.78. The topological polar surface area (TPSA) is 0 Å². The van der Waals surface area contributed by atoms with Crippen LogP contribution in [0, 0.1) is 11.8 Å². The number of allylic oxidation sites excluding steroid dienone is 2. The van der Waals surface area contributed by atoms with E-state index >= 15 is 0 Å². The summed E-state index contributed by atoms with van der Waals surface area (Å²) in [4.78, 5) is 0. The van der Waals surface area contributed by atoms with Gasteiger partial charge in [0.15, 0.2) is 0 Å². The Morgan fingerprint density at radius 3 is 2.00 bits per heavy atom. The van der Waals surface area contributed by atoms with Gasteiger partial charge in [0, 0.05) is 0 Å². The molecule has 2 unspecified atom stereocenters. The molecule has 1 aliphatic carbocycles. The Morgan fingerprint density at radius 1 is 0.793 bits per heavy atom. The second-order valence-electron chi connectivity index (χ2n) is 9.11. The SMILES string of the molecule is CCCCCC(C)C1CC=C(c2ccc(-c3ccc(CCCC)cc3)cc2)CC1. The van der Waals surface area contributed by atoms with E-state index in [4.69, 9.17) is 0 Å². The summed E-state index contributed by atoms with van der Waals surface area (Å²) in [6.07, 6.45) is 15.7. The van der Waals surface area contributed by atoms with E-state index in [0.29, 0.717) is 0 Å². The van der Waals surface area contributed by atoms with Crippen LogP contribution in [0.4, 0.5) is 0 Å². The molecule has 2 aromatic carbocycles. The molecule has 0 N–H and O–H groups in total. The van der Waals surface area contributed by atoms with Gasteiger partial charge in [-0.1, -0.05) is 107 Å². The van der Waals surface area contributed by atoms with Crippen LogP contribution in [-0.2, 0) is 6.42 Å². The molecule has 0 saturated carbocycles. The second kappa shape index (κ2) is 11.4. The monoisotopic (exact) mass is 388 g/mol. The van der Waals surface area contributed by atoms with Crippen molar-refractivity contribution in [2.45, 2.75) is 85.0 Å². The smallest absolute Gasteiger partial charge is 0.0184 e. The maximum Gasteiger partial charge on any atom is -0.0184 e. The van der Waals surface area contributed by atoms with Gasteiger partial charge in [-0.2, -0.15) is 0 Å². The summed E-state index contributed by atoms with van der Waals surface area (Å²) in [6, 6.07) is 18.4. The summed E-state index contributed by atoms with van der Waals surface area (Å²) in [5.74, 6) is 1.77. The van der Waals surface area contributed by atoms with Crippen LogP contribution < -0.4 is 0 Å². The van der Waals surface area contributed by atoms with Gasteiger partial charge in [0.25, 0.3) is 0 Å². The van der Waals surface area contributed by atoms with Gasteiger partial charge in [0.1, 0.15) is 0 Å². The van der Waals surface area contributed by atoms with Crippen molar-refractivity contribution >= 4 is 5.57 Å². The summed E-state index contributed by atoms with van der Waals surface area (Å²) >= 11 is 0. The molecule has 0 spiro atoms. The lowest BCUT2D eigenvalue weighted by Crippen LogP contribution is -2.14. The minimum absolute atomic E-state index is 0.877. The zero-order chi connectivity index (χ0) is 20.5. The first kappa shape index (κ1) is 21.9. The Kier molecular flexibility index (Phi) is 8.59. The highest BCUT2D eigenvalue weighted by molar-refractivity contribution is 5.71. The molecule has 2 aromatic rings. The van der Waals surface area contributed by atoms with Gasteiger partial charge < -0.3 is 0 Å². The van der Waals surface area contributed by atoms with Crippen molar-refractivity contribution < 1.29 is 0 Å². The van der Waals surface area contributed by atoms with Crippen LogP contribution in [0.2, 0.25) is 0 Å². The predicted molar refractivity (Wildman–Crippen MR) is 129 cm³/mol. The highest BCUT2D eigenvalue weighted by atomic mass is 14.3. The van der Waals surface area contributed by atoms with Gasteiger partial charge in [-0.25, -0.2) is 0 Å². The number of hydrogen-bond acceptors (Lipinski definition) is 0. The fraction of sp³-hybridized carbons (Fsp3) is 0.517. The van der Waals surface area contributed by atoms with E-state index in [9.17, 15) is 0 Å². The molecular weight excluding hydrogens is 348 g/mol. The maximum absolute atomic E-state index is 2.53. The first-order chi connectivity index (χ1) is 14.2. The van der Waals surface area contributed by atoms with Crippen molar-refractivity contribution in [2.24, 2.45) is 11.8 Å². The van der Waals surface area contributed by atoms with Gasteiger partial charge in [0.05, 0.1) is 0 Å². The van der Waals surface area contributed by atoms with E-state index in [1.54, 1.807) is 5.57 Å². The summed E-state index contributed by atoms with van der Waals surface area (Å²) in [7, 11) is 0. The third kappa shape index (κ3) is 6.33. The maximum atomic E-state index is 2.53. The van der Waals surface area contributed by atoms with Crippen LogP contribution >= 0.6 is 0 Å². The standard InChI is InChI=1S/C29H40/c1-4-6-8-9-23(3)25-15-17-27(18-16-25)29-21-19-28(20-22-29)26-13-11-24(12-14-26)10-7-5-2/h11-14,17,19-23,25H,4-10,15-16,18H2,1-3H3. The van der Waals surface area contributed by atoms with Crippen molar-refractivity contribution in [3.05, 3.63) is 65.7 Å². The molecule has 0 fully saturated rings. The van der Waals surface area contributed by atoms with Crippen LogP contribution in [0.5, 0.6) is 0 Å². The number of unbranched alkanes of at least 4 members (excludes halogenated alkanes) is 3. The van der Waals surface area contributed by atoms with Crippen LogP contribution in [0.25, 0.3) is 16.7 Å². The van der Waals surface area contributed by atoms with E-state index in [-0.39, 0.29) is 0 Å². The van der Waals surface area contributed by atoms with E-state index in [0.717, 1.165) is 11.8 Å². The van der Waals surface area contributed by atoms with Crippen molar-refractivity contribution in [2.75, 3.05) is 0 Å². The van der Waals surface area contributed by atoms with E-state index in [2.05, 4.69) is 75.4 Å². The summed E-state index contributed by atoms with van der Waals surface area (Å²) in [5, 5.41) is 0. The minimum Gasteiger partial charge on any atom is -0.0804 e. The highest BCUT2D eigenvalue weighted by Crippen LogP contribution is 2.36. The molecule has 0 amide bonds. The average molecular weight is 389 g/mol. The van der Waals surface area contributed by atoms with Gasteiger partial charge in [-0.15, -0.1) is 0 Å². The molecule has 0 nitrogen and oxygen atoms in total. The Labute approximate surface area is 179 Å². The van der Waals surface area contributed by atoms with E-state index in [1.165, 1.54) is 86.5 Å². The Hall–Kier alpha value is -1.82. The normalized spacial score (nSPS) is 17.8. The molecule has 0 aliphatic heterocycles. The highest BCUT2D eigenvalue weighted by Gasteiger charge is 2.20. The molecule has 0 aromatic heterocycles. The summed E-state index contributed by atoms with van der Waals surface area (Å²) in [5.41, 5.74) is 7.09. The van der Waals surface area contributed by atoms with Crippen LogP contribution in [0.1, 0.15) is 89.7 Å². The number of benzene rings is 2. The lowest BCUT2D eigenvalue weighted by molar-refractivity contribution is 0.308. The third-order valence-corrected chi connectivity index (χ3v) is 6.88. The van der Waals surface area contributed by atoms with Crippen LogP contribution in [0.15, 0.2) is 54.6 Å². The van der Waals surface area contributed by atoms with Crippen LogP contribution in [0.3, 0.4) is 0 Å². The molecular formula is C29H40. The largest absolute Gasteiger partial charge is 0.0804 e. The number of hydrogen-bond donors (Lipinski definition) is 0. The molecule has 2 atom stereocenters. The molecule has 0 heterocycles. The molecule has 1 aliphatic rings. The molecule has 0 saturated heterocycles. The molecule has 0 radical (unpaired) electrons. The molecule has 0 heteroatoms. The molecule has 0 bridgehead atoms. The minimum atomic E-state index is 0.877. The van der Waals surface area contributed by atoms with Gasteiger partial charge in [-0.05, 0) is 71.8 Å². The first-order valence-corrected chi connectivity index (χ1v) is 12.1. The fourth-order valence-electron chi connectivity index (χ4n) is 4.71. The zero-order valence-electron chi connectivity index (χ0n) is 18.9. The van der Waals surface area contributed by atoms with Gasteiger partial charge in [0.2, 0.25) is 0 Å². The Morgan fingerprint density at radius 2 is 1.41 bits per heavy atom. The van der Waals surface area contributed by atoms with Crippen molar-refractivity contribution in [3.63, 3.8) is 0 Å². The third-order valence-electron chi connectivity index (χ3n) is 6.88. The van der Waals surface area contributed by atoms with Crippen molar-refractivity contribution in [1.82, 2.24) is 0 Å². The van der Waals surface area contributed by atoms with Crippen molar-refractivity contribution in [1.29, 1.82) is 0 Å². The van der Waals surface area contributed by atoms with Gasteiger partial charge in [-0.3, -0.25) is 0 Å². The number of aryl methyl sites for hydroxylation is 1. The number of rotatable bonds is 10. The second-order valence-corrected chi connectivity index (χ2v) is 9.11. The summed E-state index contributed by atoms with van der Waals surface area (Å²) < 4.78 is 0. The molecule has 156 valence electrons. The first-order valence-electron chi connectivity index (χ1n) is 12.1. The predicted octanol–water partition coefficient (Wildman–Crippen LogP) is 9.10. The van der Waals surface area contributed by atoms with Crippen molar-refractivity contribution in [3.8, 4) is 11.1 Å². The average Bonchev–Trinajstić information content (AvgIpc) is 2.78. The van der Waals surface area contributed by atoms with E-state index in [1.807, 2.05) is 0 Å². The van der Waals surface area contributed by atoms with Gasteiger partial charge >= 0.3 is 0 Å². The van der Waals surface area contributed by atoms with E-state index < -0.39 is 0 Å². The lowest BCUT2D eigenvalue weighted by Gasteiger charge is -2.27. The molecule has 29 heavy (non-hydrogen) atoms. The Balaban J connectivity index is 1.57. The van der Waals surface area contributed by atoms with Crippen LogP contribution in [-0.4, -0.2) is 0 Å². The molecule has 3 rings (SSSR count). The quantitative estimate of drug-likeness (QED) is 0.356.